The largest absolute Gasteiger partial charge is 0.355 e. The summed E-state index contributed by atoms with van der Waals surface area (Å²) in [5.74, 6) is -1.14. The Balaban J connectivity index is 1.40. The maximum absolute atomic E-state index is 14.5. The molecular weight excluding hydrogens is 448 g/mol. The second kappa shape index (κ2) is 10.2. The molecule has 0 amide bonds. The summed E-state index contributed by atoms with van der Waals surface area (Å²) in [4.78, 5) is 28.1. The molecule has 0 radical (unpaired) electrons. The Bertz CT molecular complexity index is 1370. The van der Waals surface area contributed by atoms with Crippen molar-refractivity contribution in [1.82, 2.24) is 19.9 Å². The molecule has 35 heavy (non-hydrogen) atoms. The number of halogens is 2. The molecule has 0 spiro atoms. The predicted octanol–water partition coefficient (Wildman–Crippen LogP) is 5.77. The van der Waals surface area contributed by atoms with Crippen molar-refractivity contribution in [2.75, 3.05) is 25.0 Å². The van der Waals surface area contributed by atoms with Gasteiger partial charge in [-0.2, -0.15) is 0 Å². The number of aromatic nitrogens is 3. The first-order chi connectivity index (χ1) is 17.1. The molecule has 6 nitrogen and oxygen atoms in total. The average Bonchev–Trinajstić information content (AvgIpc) is 3.39. The highest BCUT2D eigenvalue weighted by molar-refractivity contribution is 5.96. The van der Waals surface area contributed by atoms with Crippen molar-refractivity contribution < 1.29 is 13.6 Å². The van der Waals surface area contributed by atoms with Crippen LogP contribution >= 0.6 is 0 Å². The van der Waals surface area contributed by atoms with E-state index in [2.05, 4.69) is 25.2 Å². The lowest BCUT2D eigenvalue weighted by Crippen LogP contribution is -2.21. The Labute approximate surface area is 202 Å². The number of benzene rings is 1. The van der Waals surface area contributed by atoms with Crippen molar-refractivity contribution in [2.45, 2.75) is 25.7 Å². The van der Waals surface area contributed by atoms with Crippen LogP contribution in [0.5, 0.6) is 0 Å². The van der Waals surface area contributed by atoms with Gasteiger partial charge in [0.1, 0.15) is 17.3 Å². The van der Waals surface area contributed by atoms with Crippen LogP contribution in [-0.4, -0.2) is 45.3 Å². The van der Waals surface area contributed by atoms with Crippen molar-refractivity contribution in [2.24, 2.45) is 0 Å². The van der Waals surface area contributed by atoms with E-state index in [1.807, 2.05) is 6.07 Å². The number of carbonyl (C=O) groups excluding carboxylic acids is 1. The first-order valence-corrected chi connectivity index (χ1v) is 11.8. The molecule has 0 saturated carbocycles. The second-order valence-electron chi connectivity index (χ2n) is 8.68. The van der Waals surface area contributed by atoms with Gasteiger partial charge in [0.25, 0.3) is 0 Å². The third kappa shape index (κ3) is 5.33. The van der Waals surface area contributed by atoms with E-state index in [1.54, 1.807) is 36.7 Å². The molecule has 4 heterocycles. The van der Waals surface area contributed by atoms with Crippen molar-refractivity contribution in [1.29, 1.82) is 0 Å². The third-order valence-electron chi connectivity index (χ3n) is 6.19. The molecule has 1 N–H and O–H groups in total. The number of carbonyl (C=O) groups is 1. The Morgan fingerprint density at radius 2 is 1.86 bits per heavy atom. The third-order valence-corrected chi connectivity index (χ3v) is 6.19. The Kier molecular flexibility index (Phi) is 6.72. The van der Waals surface area contributed by atoms with Gasteiger partial charge in [0.15, 0.2) is 11.4 Å². The van der Waals surface area contributed by atoms with Gasteiger partial charge in [-0.1, -0.05) is 0 Å². The van der Waals surface area contributed by atoms with E-state index >= 15 is 0 Å². The quantitative estimate of drug-likeness (QED) is 0.328. The zero-order chi connectivity index (χ0) is 24.2. The molecule has 1 fully saturated rings. The highest BCUT2D eigenvalue weighted by atomic mass is 19.1. The first kappa shape index (κ1) is 23.0. The summed E-state index contributed by atoms with van der Waals surface area (Å²) in [5, 5.41) is 4.00. The maximum Gasteiger partial charge on any atom is 0.181 e. The lowest BCUT2D eigenvalue weighted by molar-refractivity contribution is 0.0971. The van der Waals surface area contributed by atoms with Crippen molar-refractivity contribution in [3.63, 3.8) is 0 Å². The molecule has 4 aromatic rings. The highest BCUT2D eigenvalue weighted by Crippen LogP contribution is 2.31. The summed E-state index contributed by atoms with van der Waals surface area (Å²) < 4.78 is 28.3. The number of pyridine rings is 3. The molecule has 0 atom stereocenters. The van der Waals surface area contributed by atoms with Gasteiger partial charge in [-0.15, -0.1) is 0 Å². The lowest BCUT2D eigenvalue weighted by Gasteiger charge is -2.14. The Hall–Kier alpha value is -3.78. The standard InChI is InChI=1S/C27H25F2N5O/c28-18-7-8-22(29)21(15-18)24-17-23(20-5-3-10-31-27(20)33-24)32-19-9-11-30-25(16-19)26(35)6-4-14-34-12-1-2-13-34/h3,5,7-11,15-17H,1-2,4,6,12-14H2,(H,30,31,32,33). The minimum Gasteiger partial charge on any atom is -0.355 e. The van der Waals surface area contributed by atoms with E-state index in [-0.39, 0.29) is 17.0 Å². The summed E-state index contributed by atoms with van der Waals surface area (Å²) in [6.07, 6.45) is 6.90. The normalized spacial score (nSPS) is 13.9. The number of nitrogens with zero attached hydrogens (tertiary/aromatic N) is 4. The fraction of sp³-hybridized carbons (Fsp3) is 0.259. The number of likely N-dealkylation sites (tertiary alicyclic amines) is 1. The van der Waals surface area contributed by atoms with Crippen LogP contribution in [-0.2, 0) is 0 Å². The van der Waals surface area contributed by atoms with Crippen molar-refractivity contribution in [3.8, 4) is 11.3 Å². The average molecular weight is 474 g/mol. The van der Waals surface area contributed by atoms with E-state index in [1.165, 1.54) is 12.8 Å². The molecule has 1 saturated heterocycles. The molecule has 1 aromatic carbocycles. The van der Waals surface area contributed by atoms with Gasteiger partial charge in [-0.05, 0) is 87.4 Å². The van der Waals surface area contributed by atoms with Crippen LogP contribution in [0.4, 0.5) is 20.2 Å². The molecule has 0 unspecified atom stereocenters. The second-order valence-corrected chi connectivity index (χ2v) is 8.68. The molecule has 1 aliphatic rings. The summed E-state index contributed by atoms with van der Waals surface area (Å²) in [7, 11) is 0. The number of fused-ring (bicyclic) bond motifs is 1. The molecule has 0 aliphatic carbocycles. The van der Waals surface area contributed by atoms with Crippen LogP contribution in [0.2, 0.25) is 0 Å². The van der Waals surface area contributed by atoms with Crippen LogP contribution in [0.25, 0.3) is 22.3 Å². The predicted molar refractivity (Wildman–Crippen MR) is 132 cm³/mol. The monoisotopic (exact) mass is 473 g/mol. The molecule has 0 bridgehead atoms. The minimum absolute atomic E-state index is 0.00313. The number of nitrogens with one attached hydrogen (secondary N) is 1. The van der Waals surface area contributed by atoms with Gasteiger partial charge in [-0.3, -0.25) is 9.78 Å². The molecule has 5 rings (SSSR count). The van der Waals surface area contributed by atoms with Gasteiger partial charge >= 0.3 is 0 Å². The molecule has 3 aromatic heterocycles. The SMILES string of the molecule is O=C(CCCN1CCCC1)c1cc(Nc2cc(-c3cc(F)ccc3F)nc3ncccc23)ccn1. The zero-order valence-electron chi connectivity index (χ0n) is 19.2. The van der Waals surface area contributed by atoms with E-state index in [0.29, 0.717) is 34.5 Å². The Morgan fingerprint density at radius 1 is 1.00 bits per heavy atom. The fourth-order valence-electron chi connectivity index (χ4n) is 4.41. The van der Waals surface area contributed by atoms with Gasteiger partial charge in [-0.25, -0.2) is 18.7 Å². The van der Waals surface area contributed by atoms with Crippen LogP contribution < -0.4 is 5.32 Å². The van der Waals surface area contributed by atoms with E-state index in [0.717, 1.165) is 44.3 Å². The lowest BCUT2D eigenvalue weighted by atomic mass is 10.1. The molecule has 1 aliphatic heterocycles. The van der Waals surface area contributed by atoms with Gasteiger partial charge in [0.05, 0.1) is 11.4 Å². The van der Waals surface area contributed by atoms with Crippen LogP contribution in [0.3, 0.4) is 0 Å². The number of anilines is 2. The van der Waals surface area contributed by atoms with Gasteiger partial charge in [0.2, 0.25) is 0 Å². The van der Waals surface area contributed by atoms with Crippen molar-refractivity contribution >= 4 is 28.2 Å². The van der Waals surface area contributed by atoms with E-state index < -0.39 is 11.6 Å². The molecular formula is C27H25F2N5O. The maximum atomic E-state index is 14.5. The van der Waals surface area contributed by atoms with Gasteiger partial charge in [0, 0.05) is 35.5 Å². The van der Waals surface area contributed by atoms with E-state index in [4.69, 9.17) is 0 Å². The number of rotatable bonds is 8. The number of hydrogen-bond acceptors (Lipinski definition) is 6. The van der Waals surface area contributed by atoms with Crippen LogP contribution in [0.1, 0.15) is 36.2 Å². The number of Topliss-reactive ketones (excluding diaryl/α,β-unsaturated/α-hetero) is 1. The fourth-order valence-corrected chi connectivity index (χ4v) is 4.41. The van der Waals surface area contributed by atoms with E-state index in [9.17, 15) is 13.6 Å². The summed E-state index contributed by atoms with van der Waals surface area (Å²) >= 11 is 0. The first-order valence-electron chi connectivity index (χ1n) is 11.8. The summed E-state index contributed by atoms with van der Waals surface area (Å²) in [5.41, 5.74) is 2.35. The highest BCUT2D eigenvalue weighted by Gasteiger charge is 2.15. The van der Waals surface area contributed by atoms with Crippen molar-refractivity contribution in [3.05, 3.63) is 78.3 Å². The Morgan fingerprint density at radius 3 is 2.71 bits per heavy atom. The molecule has 8 heteroatoms. The summed E-state index contributed by atoms with van der Waals surface area (Å²) in [6, 6.07) is 12.0. The van der Waals surface area contributed by atoms with Crippen LogP contribution in [0, 0.1) is 11.6 Å². The zero-order valence-corrected chi connectivity index (χ0v) is 19.2. The van der Waals surface area contributed by atoms with Crippen LogP contribution in [0.15, 0.2) is 60.9 Å². The smallest absolute Gasteiger partial charge is 0.181 e. The van der Waals surface area contributed by atoms with Gasteiger partial charge < -0.3 is 10.2 Å². The number of hydrogen-bond donors (Lipinski definition) is 1. The number of ketones is 1. The minimum atomic E-state index is -0.578. The summed E-state index contributed by atoms with van der Waals surface area (Å²) in [6.45, 7) is 3.16. The topological polar surface area (TPSA) is 71.0 Å². The molecule has 178 valence electrons.